The molecule has 2 amide bonds. The van der Waals surface area contributed by atoms with Crippen LogP contribution in [0.1, 0.15) is 11.1 Å². The molecule has 0 radical (unpaired) electrons. The Hall–Kier alpha value is -2.76. The molecular formula is C18H22N4O2. The van der Waals surface area contributed by atoms with E-state index in [2.05, 4.69) is 9.97 Å². The van der Waals surface area contributed by atoms with Gasteiger partial charge >= 0.3 is 11.8 Å². The molecule has 6 nitrogen and oxygen atoms in total. The maximum Gasteiger partial charge on any atom is 0.311 e. The number of aromatic nitrogens is 2. The van der Waals surface area contributed by atoms with Crippen LogP contribution < -0.4 is 0 Å². The molecular weight excluding hydrogens is 304 g/mol. The lowest BCUT2D eigenvalue weighted by molar-refractivity contribution is -0.150. The SMILES string of the molecule is CN(CCc1ccncc1)C(=O)C(=O)N(C)CCc1ccncc1. The second-order valence-electron chi connectivity index (χ2n) is 5.66. The van der Waals surface area contributed by atoms with Crippen LogP contribution in [0, 0.1) is 0 Å². The highest BCUT2D eigenvalue weighted by Crippen LogP contribution is 2.02. The van der Waals surface area contributed by atoms with Crippen molar-refractivity contribution in [1.82, 2.24) is 19.8 Å². The molecule has 0 saturated carbocycles. The van der Waals surface area contributed by atoms with Crippen molar-refractivity contribution in [3.05, 3.63) is 60.2 Å². The Morgan fingerprint density at radius 1 is 0.750 bits per heavy atom. The minimum Gasteiger partial charge on any atom is -0.337 e. The van der Waals surface area contributed by atoms with Gasteiger partial charge in [0.1, 0.15) is 0 Å². The summed E-state index contributed by atoms with van der Waals surface area (Å²) in [5, 5.41) is 0. The number of carbonyl (C=O) groups is 2. The minimum atomic E-state index is -0.485. The lowest BCUT2D eigenvalue weighted by Gasteiger charge is -2.21. The maximum absolute atomic E-state index is 12.2. The van der Waals surface area contributed by atoms with Crippen molar-refractivity contribution in [1.29, 1.82) is 0 Å². The summed E-state index contributed by atoms with van der Waals surface area (Å²) in [7, 11) is 3.30. The lowest BCUT2D eigenvalue weighted by atomic mass is 10.2. The van der Waals surface area contributed by atoms with Gasteiger partial charge in [-0.3, -0.25) is 19.6 Å². The average Bonchev–Trinajstić information content (AvgIpc) is 2.64. The molecule has 2 aromatic rings. The van der Waals surface area contributed by atoms with E-state index in [9.17, 15) is 9.59 Å². The third kappa shape index (κ3) is 5.15. The summed E-state index contributed by atoms with van der Waals surface area (Å²) in [5.41, 5.74) is 2.17. The molecule has 0 aliphatic rings. The first kappa shape index (κ1) is 17.6. The van der Waals surface area contributed by atoms with E-state index in [0.29, 0.717) is 25.9 Å². The largest absolute Gasteiger partial charge is 0.337 e. The number of rotatable bonds is 6. The van der Waals surface area contributed by atoms with E-state index < -0.39 is 11.8 Å². The summed E-state index contributed by atoms with van der Waals surface area (Å²) in [6.45, 7) is 0.986. The molecule has 0 spiro atoms. The smallest absolute Gasteiger partial charge is 0.311 e. The molecule has 0 fully saturated rings. The molecule has 0 aliphatic heterocycles. The van der Waals surface area contributed by atoms with Gasteiger partial charge in [0.2, 0.25) is 0 Å². The van der Waals surface area contributed by atoms with Gasteiger partial charge < -0.3 is 9.80 Å². The van der Waals surface area contributed by atoms with Gasteiger partial charge in [0, 0.05) is 52.0 Å². The number of hydrogen-bond donors (Lipinski definition) is 0. The fourth-order valence-corrected chi connectivity index (χ4v) is 2.22. The van der Waals surface area contributed by atoms with Crippen LogP contribution in [0.5, 0.6) is 0 Å². The Morgan fingerprint density at radius 2 is 1.08 bits per heavy atom. The minimum absolute atomic E-state index is 0.485. The zero-order chi connectivity index (χ0) is 17.4. The van der Waals surface area contributed by atoms with Crippen molar-refractivity contribution in [2.75, 3.05) is 27.2 Å². The second-order valence-corrected chi connectivity index (χ2v) is 5.66. The first-order chi connectivity index (χ1) is 11.6. The fourth-order valence-electron chi connectivity index (χ4n) is 2.22. The van der Waals surface area contributed by atoms with Gasteiger partial charge in [0.05, 0.1) is 0 Å². The van der Waals surface area contributed by atoms with E-state index in [4.69, 9.17) is 0 Å². The van der Waals surface area contributed by atoms with E-state index in [1.807, 2.05) is 24.3 Å². The van der Waals surface area contributed by atoms with Crippen molar-refractivity contribution >= 4 is 11.8 Å². The van der Waals surface area contributed by atoms with Crippen molar-refractivity contribution in [3.63, 3.8) is 0 Å². The summed E-state index contributed by atoms with van der Waals surface area (Å²) >= 11 is 0. The van der Waals surface area contributed by atoms with Crippen LogP contribution in [0.3, 0.4) is 0 Å². The summed E-state index contributed by atoms with van der Waals surface area (Å²) in [6.07, 6.45) is 8.26. The van der Waals surface area contributed by atoms with E-state index >= 15 is 0 Å². The molecule has 24 heavy (non-hydrogen) atoms. The first-order valence-electron chi connectivity index (χ1n) is 7.86. The maximum atomic E-state index is 12.2. The molecule has 0 saturated heterocycles. The topological polar surface area (TPSA) is 66.4 Å². The van der Waals surface area contributed by atoms with Gasteiger partial charge in [-0.15, -0.1) is 0 Å². The molecule has 0 unspecified atom stereocenters. The Labute approximate surface area is 142 Å². The summed E-state index contributed by atoms with van der Waals surface area (Å²) in [4.78, 5) is 35.3. The van der Waals surface area contributed by atoms with Crippen LogP contribution in [0.15, 0.2) is 49.1 Å². The quantitative estimate of drug-likeness (QED) is 0.748. The predicted octanol–water partition coefficient (Wildman–Crippen LogP) is 1.18. The molecule has 2 rings (SSSR count). The third-order valence-corrected chi connectivity index (χ3v) is 3.85. The van der Waals surface area contributed by atoms with E-state index in [1.54, 1.807) is 38.9 Å². The van der Waals surface area contributed by atoms with Gasteiger partial charge in [-0.2, -0.15) is 0 Å². The molecule has 126 valence electrons. The zero-order valence-corrected chi connectivity index (χ0v) is 14.1. The summed E-state index contributed by atoms with van der Waals surface area (Å²) in [5.74, 6) is -0.970. The predicted molar refractivity (Wildman–Crippen MR) is 91.2 cm³/mol. The number of hydrogen-bond acceptors (Lipinski definition) is 4. The standard InChI is InChI=1S/C18H22N4O2/c1-21(13-7-15-3-9-19-10-4-15)17(23)18(24)22(2)14-8-16-5-11-20-12-6-16/h3-6,9-12H,7-8,13-14H2,1-2H3. The molecule has 6 heteroatoms. The normalized spacial score (nSPS) is 10.2. The highest BCUT2D eigenvalue weighted by molar-refractivity contribution is 6.34. The van der Waals surface area contributed by atoms with Crippen LogP contribution in [0.4, 0.5) is 0 Å². The van der Waals surface area contributed by atoms with Crippen molar-refractivity contribution in [2.24, 2.45) is 0 Å². The highest BCUT2D eigenvalue weighted by Gasteiger charge is 2.22. The van der Waals surface area contributed by atoms with Crippen LogP contribution in [-0.2, 0) is 22.4 Å². The van der Waals surface area contributed by atoms with E-state index in [-0.39, 0.29) is 0 Å². The van der Waals surface area contributed by atoms with Crippen molar-refractivity contribution in [2.45, 2.75) is 12.8 Å². The number of amides is 2. The van der Waals surface area contributed by atoms with Crippen LogP contribution in [0.2, 0.25) is 0 Å². The fraction of sp³-hybridized carbons (Fsp3) is 0.333. The van der Waals surface area contributed by atoms with Gasteiger partial charge in [-0.1, -0.05) is 0 Å². The number of nitrogens with zero attached hydrogens (tertiary/aromatic N) is 4. The van der Waals surface area contributed by atoms with Gasteiger partial charge in [-0.25, -0.2) is 0 Å². The van der Waals surface area contributed by atoms with Crippen LogP contribution >= 0.6 is 0 Å². The zero-order valence-electron chi connectivity index (χ0n) is 14.1. The molecule has 0 N–H and O–H groups in total. The van der Waals surface area contributed by atoms with E-state index in [1.165, 1.54) is 9.80 Å². The number of likely N-dealkylation sites (N-methyl/N-ethyl adjacent to an activating group) is 2. The molecule has 0 aliphatic carbocycles. The Bertz CT molecular complexity index is 602. The van der Waals surface area contributed by atoms with Gasteiger partial charge in [-0.05, 0) is 48.2 Å². The molecule has 0 atom stereocenters. The van der Waals surface area contributed by atoms with Crippen LogP contribution in [-0.4, -0.2) is 58.8 Å². The van der Waals surface area contributed by atoms with Gasteiger partial charge in [0.25, 0.3) is 0 Å². The summed E-state index contributed by atoms with van der Waals surface area (Å²) in [6, 6.07) is 7.61. The first-order valence-corrected chi connectivity index (χ1v) is 7.86. The average molecular weight is 326 g/mol. The van der Waals surface area contributed by atoms with Crippen molar-refractivity contribution in [3.8, 4) is 0 Å². The van der Waals surface area contributed by atoms with Gasteiger partial charge in [0.15, 0.2) is 0 Å². The Morgan fingerprint density at radius 3 is 1.42 bits per heavy atom. The lowest BCUT2D eigenvalue weighted by Crippen LogP contribution is -2.43. The molecule has 2 heterocycles. The molecule has 0 bridgehead atoms. The summed E-state index contributed by atoms with van der Waals surface area (Å²) < 4.78 is 0. The Balaban J connectivity index is 1.80. The highest BCUT2D eigenvalue weighted by atomic mass is 16.2. The molecule has 2 aromatic heterocycles. The van der Waals surface area contributed by atoms with Crippen molar-refractivity contribution < 1.29 is 9.59 Å². The van der Waals surface area contributed by atoms with Crippen LogP contribution in [0.25, 0.3) is 0 Å². The Kier molecular flexibility index (Phi) is 6.42. The third-order valence-electron chi connectivity index (χ3n) is 3.85. The second kappa shape index (κ2) is 8.76. The number of pyridine rings is 2. The molecule has 0 aromatic carbocycles. The number of carbonyl (C=O) groups excluding carboxylic acids is 2. The van der Waals surface area contributed by atoms with E-state index in [0.717, 1.165) is 11.1 Å². The monoisotopic (exact) mass is 326 g/mol.